The zero-order valence-corrected chi connectivity index (χ0v) is 14.0. The molecule has 1 heterocycles. The Bertz CT molecular complexity index is 688. The lowest BCUT2D eigenvalue weighted by Crippen LogP contribution is -2.07. The van der Waals surface area contributed by atoms with Gasteiger partial charge in [-0.2, -0.15) is 5.10 Å². The highest BCUT2D eigenvalue weighted by Gasteiger charge is 2.07. The minimum atomic E-state index is -0.296. The fraction of sp³-hybridized carbons (Fsp3) is 0.214. The molecule has 22 heavy (non-hydrogen) atoms. The molecule has 1 aromatic heterocycles. The standard InChI is InChI=1S/C14H13Cl2N3O2S/c1-2-21-13(20)6-11-8-22-14(18-11)19-17-7-9-3-4-10(15)5-12(9)16/h3-5,7-8H,2,6H2,1H3,(H,18,19). The van der Waals surface area contributed by atoms with Crippen molar-refractivity contribution in [2.24, 2.45) is 5.10 Å². The van der Waals surface area contributed by atoms with Gasteiger partial charge in [-0.3, -0.25) is 10.2 Å². The molecule has 0 fully saturated rings. The molecule has 0 aliphatic carbocycles. The van der Waals surface area contributed by atoms with Gasteiger partial charge in [0, 0.05) is 16.0 Å². The third kappa shape index (κ3) is 4.98. The van der Waals surface area contributed by atoms with Crippen LogP contribution in [0.4, 0.5) is 5.13 Å². The summed E-state index contributed by atoms with van der Waals surface area (Å²) in [5.41, 5.74) is 4.18. The number of carbonyl (C=O) groups is 1. The molecular formula is C14H13Cl2N3O2S. The summed E-state index contributed by atoms with van der Waals surface area (Å²) in [6, 6.07) is 5.14. The van der Waals surface area contributed by atoms with Crippen molar-refractivity contribution in [2.75, 3.05) is 12.0 Å². The first kappa shape index (κ1) is 16.7. The summed E-state index contributed by atoms with van der Waals surface area (Å²) in [6.07, 6.45) is 1.73. The number of anilines is 1. The van der Waals surface area contributed by atoms with Gasteiger partial charge in [0.15, 0.2) is 0 Å². The van der Waals surface area contributed by atoms with E-state index in [1.807, 2.05) is 0 Å². The van der Waals surface area contributed by atoms with Gasteiger partial charge in [-0.05, 0) is 19.1 Å². The third-order valence-electron chi connectivity index (χ3n) is 2.51. The number of esters is 1. The molecule has 8 heteroatoms. The number of nitrogens with zero attached hydrogens (tertiary/aromatic N) is 2. The number of aromatic nitrogens is 1. The quantitative estimate of drug-likeness (QED) is 0.482. The molecule has 1 aromatic carbocycles. The highest BCUT2D eigenvalue weighted by molar-refractivity contribution is 7.13. The van der Waals surface area contributed by atoms with Gasteiger partial charge in [0.25, 0.3) is 0 Å². The molecule has 0 bridgehead atoms. The van der Waals surface area contributed by atoms with E-state index in [1.54, 1.807) is 36.7 Å². The Morgan fingerprint density at radius 2 is 2.32 bits per heavy atom. The maximum Gasteiger partial charge on any atom is 0.311 e. The summed E-state index contributed by atoms with van der Waals surface area (Å²) >= 11 is 13.2. The minimum Gasteiger partial charge on any atom is -0.466 e. The number of nitrogens with one attached hydrogen (secondary N) is 1. The second kappa shape index (κ2) is 8.12. The third-order valence-corrected chi connectivity index (χ3v) is 3.87. The van der Waals surface area contributed by atoms with Crippen LogP contribution in [0, 0.1) is 0 Å². The first-order valence-corrected chi connectivity index (χ1v) is 8.06. The van der Waals surface area contributed by atoms with Crippen LogP contribution in [0.2, 0.25) is 10.0 Å². The van der Waals surface area contributed by atoms with Gasteiger partial charge >= 0.3 is 5.97 Å². The van der Waals surface area contributed by atoms with Gasteiger partial charge in [-0.25, -0.2) is 4.98 Å². The average molecular weight is 358 g/mol. The van der Waals surface area contributed by atoms with E-state index >= 15 is 0 Å². The van der Waals surface area contributed by atoms with Crippen LogP contribution < -0.4 is 5.43 Å². The van der Waals surface area contributed by atoms with E-state index in [4.69, 9.17) is 27.9 Å². The first-order chi connectivity index (χ1) is 10.6. The summed E-state index contributed by atoms with van der Waals surface area (Å²) < 4.78 is 4.87. The smallest absolute Gasteiger partial charge is 0.311 e. The second-order valence-electron chi connectivity index (χ2n) is 4.16. The minimum absolute atomic E-state index is 0.152. The number of benzene rings is 1. The Hall–Kier alpha value is -1.63. The number of ether oxygens (including phenoxy) is 1. The fourth-order valence-electron chi connectivity index (χ4n) is 1.56. The summed E-state index contributed by atoms with van der Waals surface area (Å²) in [6.45, 7) is 2.13. The summed E-state index contributed by atoms with van der Waals surface area (Å²) in [5.74, 6) is -0.296. The fourth-order valence-corrected chi connectivity index (χ4v) is 2.68. The Morgan fingerprint density at radius 1 is 1.50 bits per heavy atom. The number of thiazole rings is 1. The van der Waals surface area contributed by atoms with E-state index in [9.17, 15) is 4.79 Å². The van der Waals surface area contributed by atoms with Crippen LogP contribution in [0.25, 0.3) is 0 Å². The van der Waals surface area contributed by atoms with Crippen molar-refractivity contribution in [3.8, 4) is 0 Å². The number of halogens is 2. The second-order valence-corrected chi connectivity index (χ2v) is 5.86. The number of rotatable bonds is 6. The van der Waals surface area contributed by atoms with Crippen molar-refractivity contribution in [1.82, 2.24) is 4.98 Å². The Balaban J connectivity index is 1.93. The molecule has 0 radical (unpaired) electrons. The van der Waals surface area contributed by atoms with Crippen molar-refractivity contribution in [2.45, 2.75) is 13.3 Å². The predicted molar refractivity (Wildman–Crippen MR) is 90.1 cm³/mol. The van der Waals surface area contributed by atoms with E-state index in [-0.39, 0.29) is 12.4 Å². The maximum atomic E-state index is 11.4. The van der Waals surface area contributed by atoms with Crippen molar-refractivity contribution in [1.29, 1.82) is 0 Å². The monoisotopic (exact) mass is 357 g/mol. The summed E-state index contributed by atoms with van der Waals surface area (Å²) in [7, 11) is 0. The molecule has 0 unspecified atom stereocenters. The number of hydrogen-bond acceptors (Lipinski definition) is 6. The molecule has 0 amide bonds. The van der Waals surface area contributed by atoms with E-state index in [2.05, 4.69) is 15.5 Å². The Morgan fingerprint density at radius 3 is 3.05 bits per heavy atom. The molecular weight excluding hydrogens is 345 g/mol. The predicted octanol–water partition coefficient (Wildman–Crippen LogP) is 4.00. The van der Waals surface area contributed by atoms with Gasteiger partial charge in [-0.1, -0.05) is 29.3 Å². The lowest BCUT2D eigenvalue weighted by atomic mass is 10.2. The van der Waals surface area contributed by atoms with Gasteiger partial charge < -0.3 is 4.74 Å². The highest BCUT2D eigenvalue weighted by Crippen LogP contribution is 2.20. The van der Waals surface area contributed by atoms with Crippen LogP contribution in [0.5, 0.6) is 0 Å². The Labute approximate surface area is 141 Å². The molecule has 1 N–H and O–H groups in total. The summed E-state index contributed by atoms with van der Waals surface area (Å²) in [4.78, 5) is 15.6. The van der Waals surface area contributed by atoms with E-state index in [1.165, 1.54) is 11.3 Å². The molecule has 0 saturated carbocycles. The topological polar surface area (TPSA) is 63.6 Å². The number of carbonyl (C=O) groups excluding carboxylic acids is 1. The molecule has 2 rings (SSSR count). The van der Waals surface area contributed by atoms with Crippen molar-refractivity contribution in [3.63, 3.8) is 0 Å². The zero-order chi connectivity index (χ0) is 15.9. The van der Waals surface area contributed by atoms with Crippen molar-refractivity contribution in [3.05, 3.63) is 44.9 Å². The highest BCUT2D eigenvalue weighted by atomic mass is 35.5. The van der Waals surface area contributed by atoms with Crippen LogP contribution in [0.1, 0.15) is 18.2 Å². The molecule has 116 valence electrons. The van der Waals surface area contributed by atoms with Crippen molar-refractivity contribution >= 4 is 51.9 Å². The lowest BCUT2D eigenvalue weighted by Gasteiger charge is -1.99. The van der Waals surface area contributed by atoms with E-state index in [0.717, 1.165) is 5.56 Å². The number of hydrogen-bond donors (Lipinski definition) is 1. The van der Waals surface area contributed by atoms with Gasteiger partial charge in [0.05, 0.1) is 30.0 Å². The average Bonchev–Trinajstić information content (AvgIpc) is 2.89. The molecule has 0 spiro atoms. The molecule has 0 saturated heterocycles. The Kier molecular flexibility index (Phi) is 6.18. The van der Waals surface area contributed by atoms with Crippen LogP contribution in [0.3, 0.4) is 0 Å². The molecule has 5 nitrogen and oxygen atoms in total. The van der Waals surface area contributed by atoms with Crippen molar-refractivity contribution < 1.29 is 9.53 Å². The van der Waals surface area contributed by atoms with Gasteiger partial charge in [-0.15, -0.1) is 11.3 Å². The molecule has 0 aliphatic rings. The van der Waals surface area contributed by atoms with Crippen LogP contribution >= 0.6 is 34.5 Å². The van der Waals surface area contributed by atoms with Gasteiger partial charge in [0.1, 0.15) is 0 Å². The first-order valence-electron chi connectivity index (χ1n) is 6.42. The number of hydrazone groups is 1. The SMILES string of the molecule is CCOC(=O)Cc1csc(NN=Cc2ccc(Cl)cc2Cl)n1. The van der Waals surface area contributed by atoms with E-state index < -0.39 is 0 Å². The van der Waals surface area contributed by atoms with E-state index in [0.29, 0.717) is 27.5 Å². The largest absolute Gasteiger partial charge is 0.466 e. The zero-order valence-electron chi connectivity index (χ0n) is 11.7. The molecule has 0 aliphatic heterocycles. The van der Waals surface area contributed by atoms with Crippen LogP contribution in [0.15, 0.2) is 28.7 Å². The van der Waals surface area contributed by atoms with Crippen LogP contribution in [-0.2, 0) is 16.0 Å². The normalized spacial score (nSPS) is 10.9. The van der Waals surface area contributed by atoms with Crippen LogP contribution in [-0.4, -0.2) is 23.8 Å². The van der Waals surface area contributed by atoms with Gasteiger partial charge in [0.2, 0.25) is 5.13 Å². The molecule has 0 atom stereocenters. The maximum absolute atomic E-state index is 11.4. The molecule has 2 aromatic rings. The lowest BCUT2D eigenvalue weighted by molar-refractivity contribution is -0.142. The summed E-state index contributed by atoms with van der Waals surface area (Å²) in [5, 5.41) is 7.51.